The summed E-state index contributed by atoms with van der Waals surface area (Å²) >= 11 is 0. The second kappa shape index (κ2) is 6.88. The van der Waals surface area contributed by atoms with Gasteiger partial charge in [-0.15, -0.1) is 0 Å². The van der Waals surface area contributed by atoms with Crippen LogP contribution < -0.4 is 4.74 Å². The number of nitrogens with zero attached hydrogens (tertiary/aromatic N) is 1. The Labute approximate surface area is 114 Å². The summed E-state index contributed by atoms with van der Waals surface area (Å²) in [5.74, 6) is 0.782. The third kappa shape index (κ3) is 6.04. The second-order valence-corrected chi connectivity index (χ2v) is 6.94. The Kier molecular flexibility index (Phi) is 5.78. The molecule has 1 N–H and O–H groups in total. The van der Waals surface area contributed by atoms with Gasteiger partial charge in [0.1, 0.15) is 15.6 Å². The summed E-state index contributed by atoms with van der Waals surface area (Å²) in [5.41, 5.74) is 0.755. The number of rotatable bonds is 7. The standard InChI is InChI=1S/C13H21NO4S/c1-14(7-8-19(3,16)17)10-13(15)11-5-4-6-12(9-11)18-2/h4-6,9,13,15H,7-8,10H2,1-3H3. The molecule has 0 amide bonds. The Morgan fingerprint density at radius 2 is 2.11 bits per heavy atom. The molecule has 0 aliphatic carbocycles. The van der Waals surface area contributed by atoms with E-state index >= 15 is 0 Å². The van der Waals surface area contributed by atoms with E-state index in [1.807, 2.05) is 18.2 Å². The van der Waals surface area contributed by atoms with Gasteiger partial charge in [0.15, 0.2) is 0 Å². The second-order valence-electron chi connectivity index (χ2n) is 4.68. The minimum Gasteiger partial charge on any atom is -0.497 e. The van der Waals surface area contributed by atoms with Gasteiger partial charge in [0.25, 0.3) is 0 Å². The van der Waals surface area contributed by atoms with Crippen molar-refractivity contribution in [3.8, 4) is 5.75 Å². The molecule has 1 aromatic rings. The topological polar surface area (TPSA) is 66.8 Å². The SMILES string of the molecule is COc1cccc(C(O)CN(C)CCS(C)(=O)=O)c1. The first kappa shape index (κ1) is 15.9. The lowest BCUT2D eigenvalue weighted by atomic mass is 10.1. The summed E-state index contributed by atoms with van der Waals surface area (Å²) in [5, 5.41) is 10.1. The Hall–Kier alpha value is -1.11. The van der Waals surface area contributed by atoms with E-state index in [1.165, 1.54) is 6.26 Å². The van der Waals surface area contributed by atoms with Crippen LogP contribution in [-0.2, 0) is 9.84 Å². The Bertz CT molecular complexity index is 501. The first-order chi connectivity index (χ1) is 8.81. The summed E-state index contributed by atoms with van der Waals surface area (Å²) in [6.07, 6.45) is 0.541. The van der Waals surface area contributed by atoms with Crippen LogP contribution in [0.5, 0.6) is 5.75 Å². The van der Waals surface area contributed by atoms with Gasteiger partial charge in [0.05, 0.1) is 19.0 Å². The van der Waals surface area contributed by atoms with Gasteiger partial charge in [-0.2, -0.15) is 0 Å². The average molecular weight is 287 g/mol. The predicted molar refractivity (Wildman–Crippen MR) is 75.2 cm³/mol. The molecule has 0 heterocycles. The van der Waals surface area contributed by atoms with Crippen molar-refractivity contribution >= 4 is 9.84 Å². The number of benzene rings is 1. The van der Waals surface area contributed by atoms with Crippen LogP contribution in [0.3, 0.4) is 0 Å². The van der Waals surface area contributed by atoms with Crippen LogP contribution in [0, 0.1) is 0 Å². The summed E-state index contributed by atoms with van der Waals surface area (Å²) < 4.78 is 27.2. The van der Waals surface area contributed by atoms with Crippen molar-refractivity contribution in [1.29, 1.82) is 0 Å². The number of ether oxygens (including phenoxy) is 1. The molecule has 5 nitrogen and oxygen atoms in total. The van der Waals surface area contributed by atoms with Crippen LogP contribution in [0.15, 0.2) is 24.3 Å². The van der Waals surface area contributed by atoms with E-state index in [0.29, 0.717) is 18.8 Å². The number of hydrogen-bond donors (Lipinski definition) is 1. The molecule has 1 unspecified atom stereocenters. The normalized spacial score (nSPS) is 13.5. The Morgan fingerprint density at radius 1 is 1.42 bits per heavy atom. The molecule has 0 saturated heterocycles. The highest BCUT2D eigenvalue weighted by Gasteiger charge is 2.13. The zero-order valence-electron chi connectivity index (χ0n) is 11.5. The number of aliphatic hydroxyl groups excluding tert-OH is 1. The fourth-order valence-corrected chi connectivity index (χ4v) is 2.31. The van der Waals surface area contributed by atoms with E-state index in [-0.39, 0.29) is 5.75 Å². The molecule has 1 aromatic carbocycles. The van der Waals surface area contributed by atoms with Gasteiger partial charge in [-0.25, -0.2) is 8.42 Å². The zero-order chi connectivity index (χ0) is 14.5. The van der Waals surface area contributed by atoms with Gasteiger partial charge in [-0.05, 0) is 24.7 Å². The van der Waals surface area contributed by atoms with E-state index in [1.54, 1.807) is 25.1 Å². The van der Waals surface area contributed by atoms with E-state index in [0.717, 1.165) is 5.56 Å². The molecule has 0 spiro atoms. The molecule has 0 saturated carbocycles. The highest BCUT2D eigenvalue weighted by atomic mass is 32.2. The highest BCUT2D eigenvalue weighted by molar-refractivity contribution is 7.90. The maximum atomic E-state index is 11.1. The largest absolute Gasteiger partial charge is 0.497 e. The van der Waals surface area contributed by atoms with Crippen molar-refractivity contribution < 1.29 is 18.3 Å². The molecular formula is C13H21NO4S. The number of aliphatic hydroxyl groups is 1. The van der Waals surface area contributed by atoms with E-state index in [4.69, 9.17) is 4.74 Å². The van der Waals surface area contributed by atoms with Gasteiger partial charge in [-0.3, -0.25) is 0 Å². The highest BCUT2D eigenvalue weighted by Crippen LogP contribution is 2.19. The average Bonchev–Trinajstić information content (AvgIpc) is 2.35. The van der Waals surface area contributed by atoms with Crippen molar-refractivity contribution in [2.45, 2.75) is 6.10 Å². The molecule has 0 fully saturated rings. The molecule has 1 rings (SSSR count). The van der Waals surface area contributed by atoms with Crippen molar-refractivity contribution in [1.82, 2.24) is 4.90 Å². The quantitative estimate of drug-likeness (QED) is 0.800. The monoisotopic (exact) mass is 287 g/mol. The molecule has 0 aliphatic rings. The molecule has 0 bridgehead atoms. The van der Waals surface area contributed by atoms with Crippen LogP contribution in [-0.4, -0.2) is 57.7 Å². The number of sulfone groups is 1. The van der Waals surface area contributed by atoms with Crippen molar-refractivity contribution in [2.24, 2.45) is 0 Å². The molecular weight excluding hydrogens is 266 g/mol. The molecule has 1 atom stereocenters. The first-order valence-electron chi connectivity index (χ1n) is 6.00. The zero-order valence-corrected chi connectivity index (χ0v) is 12.4. The number of hydrogen-bond acceptors (Lipinski definition) is 5. The van der Waals surface area contributed by atoms with E-state index in [2.05, 4.69) is 0 Å². The first-order valence-corrected chi connectivity index (χ1v) is 8.06. The predicted octanol–water partition coefficient (Wildman–Crippen LogP) is 0.705. The van der Waals surface area contributed by atoms with Crippen LogP contribution in [0.4, 0.5) is 0 Å². The Morgan fingerprint density at radius 3 is 2.68 bits per heavy atom. The fourth-order valence-electron chi connectivity index (χ4n) is 1.66. The van der Waals surface area contributed by atoms with Gasteiger partial charge in [-0.1, -0.05) is 12.1 Å². The number of methoxy groups -OCH3 is 1. The minimum atomic E-state index is -2.97. The van der Waals surface area contributed by atoms with Crippen LogP contribution >= 0.6 is 0 Å². The molecule has 0 aromatic heterocycles. The van der Waals surface area contributed by atoms with Crippen LogP contribution in [0.2, 0.25) is 0 Å². The van der Waals surface area contributed by atoms with Crippen molar-refractivity contribution in [2.75, 3.05) is 39.3 Å². The van der Waals surface area contributed by atoms with Crippen molar-refractivity contribution in [3.05, 3.63) is 29.8 Å². The van der Waals surface area contributed by atoms with Gasteiger partial charge in [0, 0.05) is 19.3 Å². The van der Waals surface area contributed by atoms with Gasteiger partial charge >= 0.3 is 0 Å². The van der Waals surface area contributed by atoms with E-state index in [9.17, 15) is 13.5 Å². The lowest BCUT2D eigenvalue weighted by Crippen LogP contribution is -2.29. The molecule has 0 aliphatic heterocycles. The van der Waals surface area contributed by atoms with E-state index < -0.39 is 15.9 Å². The molecule has 0 radical (unpaired) electrons. The maximum Gasteiger partial charge on any atom is 0.148 e. The fraction of sp³-hybridized carbons (Fsp3) is 0.538. The Balaban J connectivity index is 2.56. The third-order valence-corrected chi connectivity index (χ3v) is 3.73. The maximum absolute atomic E-state index is 11.1. The lowest BCUT2D eigenvalue weighted by Gasteiger charge is -2.20. The lowest BCUT2D eigenvalue weighted by molar-refractivity contribution is 0.129. The molecule has 6 heteroatoms. The van der Waals surface area contributed by atoms with Gasteiger partial charge < -0.3 is 14.7 Å². The summed E-state index contributed by atoms with van der Waals surface area (Å²) in [7, 11) is 0.386. The summed E-state index contributed by atoms with van der Waals surface area (Å²) in [4.78, 5) is 1.80. The summed E-state index contributed by atoms with van der Waals surface area (Å²) in [6, 6.07) is 7.21. The number of likely N-dealkylation sites (N-methyl/N-ethyl adjacent to an activating group) is 1. The van der Waals surface area contributed by atoms with Crippen LogP contribution in [0.25, 0.3) is 0 Å². The van der Waals surface area contributed by atoms with Gasteiger partial charge in [0.2, 0.25) is 0 Å². The summed E-state index contributed by atoms with van der Waals surface area (Å²) in [6.45, 7) is 0.780. The molecule has 19 heavy (non-hydrogen) atoms. The van der Waals surface area contributed by atoms with Crippen molar-refractivity contribution in [3.63, 3.8) is 0 Å². The molecule has 108 valence electrons. The smallest absolute Gasteiger partial charge is 0.148 e. The third-order valence-electron chi connectivity index (χ3n) is 2.81. The minimum absolute atomic E-state index is 0.0916. The van der Waals surface area contributed by atoms with Crippen LogP contribution in [0.1, 0.15) is 11.7 Å².